The predicted molar refractivity (Wildman–Crippen MR) is 96.3 cm³/mol. The molecule has 0 unspecified atom stereocenters. The van der Waals surface area contributed by atoms with Crippen molar-refractivity contribution in [3.63, 3.8) is 0 Å². The number of carbonyl (C=O) groups is 4. The van der Waals surface area contributed by atoms with Crippen LogP contribution in [0.2, 0.25) is 0 Å². The van der Waals surface area contributed by atoms with E-state index in [-0.39, 0.29) is 48.1 Å². The monoisotopic (exact) mass is 404 g/mol. The molecule has 4 aliphatic rings. The van der Waals surface area contributed by atoms with E-state index in [1.165, 1.54) is 0 Å². The van der Waals surface area contributed by atoms with Gasteiger partial charge in [-0.1, -0.05) is 0 Å². The maximum atomic E-state index is 12.7. The average Bonchev–Trinajstić information content (AvgIpc) is 3.44. The average molecular weight is 404 g/mol. The molecular formula is C21H28N2O6-2. The molecule has 0 aromatic rings. The van der Waals surface area contributed by atoms with Crippen LogP contribution in [0.3, 0.4) is 0 Å². The summed E-state index contributed by atoms with van der Waals surface area (Å²) >= 11 is 0. The van der Waals surface area contributed by atoms with Gasteiger partial charge in [0.2, 0.25) is 11.8 Å². The molecule has 9 atom stereocenters. The molecule has 0 radical (unpaired) electrons. The molecule has 0 aromatic carbocycles. The van der Waals surface area contributed by atoms with Crippen molar-refractivity contribution in [2.45, 2.75) is 51.5 Å². The maximum absolute atomic E-state index is 12.7. The third-order valence-electron chi connectivity index (χ3n) is 7.95. The fraction of sp³-hybridized carbons (Fsp3) is 0.810. The zero-order valence-electron chi connectivity index (χ0n) is 16.6. The molecule has 0 aromatic heterocycles. The molecule has 4 aliphatic carbocycles. The summed E-state index contributed by atoms with van der Waals surface area (Å²) in [4.78, 5) is 48.3. The Kier molecular flexibility index (Phi) is 5.29. The lowest BCUT2D eigenvalue weighted by Crippen LogP contribution is -2.51. The smallest absolute Gasteiger partial charge is 0.224 e. The third kappa shape index (κ3) is 3.51. The molecule has 4 bridgehead atoms. The molecule has 0 aliphatic heterocycles. The van der Waals surface area contributed by atoms with Crippen molar-refractivity contribution in [2.24, 2.45) is 47.3 Å². The molecule has 8 heteroatoms. The van der Waals surface area contributed by atoms with E-state index in [1.54, 1.807) is 6.92 Å². The van der Waals surface area contributed by atoms with Gasteiger partial charge in [0.15, 0.2) is 0 Å². The van der Waals surface area contributed by atoms with Crippen LogP contribution in [0.4, 0.5) is 0 Å². The van der Waals surface area contributed by atoms with Crippen LogP contribution >= 0.6 is 0 Å². The molecule has 4 rings (SSSR count). The van der Waals surface area contributed by atoms with Crippen molar-refractivity contribution in [3.05, 3.63) is 0 Å². The minimum atomic E-state index is -1.15. The van der Waals surface area contributed by atoms with Crippen LogP contribution in [0.25, 0.3) is 0 Å². The van der Waals surface area contributed by atoms with E-state index in [1.807, 2.05) is 0 Å². The lowest BCUT2D eigenvalue weighted by molar-refractivity contribution is -0.315. The number of hydrogen-bond donors (Lipinski definition) is 2. The Bertz CT molecular complexity index is 724. The van der Waals surface area contributed by atoms with Gasteiger partial charge in [-0.15, -0.1) is 0 Å². The summed E-state index contributed by atoms with van der Waals surface area (Å²) in [7, 11) is 0. The number of hydrogen-bond acceptors (Lipinski definition) is 6. The molecule has 0 spiro atoms. The first-order valence-corrected chi connectivity index (χ1v) is 10.8. The standard InChI is InChI=1S/C21H30N2O6/c1-9(23-19(25)15-11-3-5-13(7-11)17(15)21(28)29)8-22-18(24)14-10-2-4-12(6-10)16(14)20(26)27/h9-17H,2-8H2,1H3,(H,22,24)(H,23,25)(H,26,27)(H,28,29)/p-2/t9-,10-,11-,12-,13-,14+,15+,16-,17-/m0/s1. The summed E-state index contributed by atoms with van der Waals surface area (Å²) in [6.07, 6.45) is 4.93. The predicted octanol–water partition coefficient (Wildman–Crippen LogP) is -1.57. The molecule has 0 saturated heterocycles. The number of nitrogens with one attached hydrogen (secondary N) is 2. The minimum absolute atomic E-state index is 0.0232. The molecular weight excluding hydrogens is 376 g/mol. The quantitative estimate of drug-likeness (QED) is 0.526. The van der Waals surface area contributed by atoms with E-state index in [4.69, 9.17) is 0 Å². The number of aliphatic carboxylic acids is 2. The molecule has 29 heavy (non-hydrogen) atoms. The summed E-state index contributed by atoms with van der Waals surface area (Å²) in [6.45, 7) is 1.92. The Morgan fingerprint density at radius 3 is 1.62 bits per heavy atom. The highest BCUT2D eigenvalue weighted by atomic mass is 16.4. The highest BCUT2D eigenvalue weighted by Gasteiger charge is 2.52. The second kappa shape index (κ2) is 7.61. The number of rotatable bonds is 7. The van der Waals surface area contributed by atoms with E-state index in [9.17, 15) is 29.4 Å². The molecule has 8 nitrogen and oxygen atoms in total. The first-order chi connectivity index (χ1) is 13.8. The minimum Gasteiger partial charge on any atom is -0.550 e. The topological polar surface area (TPSA) is 138 Å². The van der Waals surface area contributed by atoms with Gasteiger partial charge < -0.3 is 30.4 Å². The van der Waals surface area contributed by atoms with Crippen LogP contribution in [0.1, 0.15) is 45.4 Å². The SMILES string of the molecule is C[C@@H](CNC(=O)[C@@H]1[C@H]2CC[C@@H](C2)[C@@H]1C(=O)[O-])NC(=O)[C@@H]1[C@H]2CC[C@@H](C2)[C@@H]1C(=O)[O-]. The van der Waals surface area contributed by atoms with Gasteiger partial charge in [0.25, 0.3) is 0 Å². The number of amides is 2. The van der Waals surface area contributed by atoms with Crippen molar-refractivity contribution in [3.8, 4) is 0 Å². The van der Waals surface area contributed by atoms with Gasteiger partial charge in [0.1, 0.15) is 0 Å². The van der Waals surface area contributed by atoms with Crippen molar-refractivity contribution in [2.75, 3.05) is 6.54 Å². The highest BCUT2D eigenvalue weighted by Crippen LogP contribution is 2.53. The fourth-order valence-electron chi connectivity index (χ4n) is 6.78. The number of fused-ring (bicyclic) bond motifs is 4. The highest BCUT2D eigenvalue weighted by molar-refractivity contribution is 5.87. The normalized spacial score (nSPS) is 40.6. The van der Waals surface area contributed by atoms with Gasteiger partial charge in [-0.25, -0.2) is 0 Å². The van der Waals surface area contributed by atoms with Gasteiger partial charge in [-0.2, -0.15) is 0 Å². The van der Waals surface area contributed by atoms with E-state index in [0.717, 1.165) is 38.5 Å². The molecule has 2 amide bonds. The Labute approximate surface area is 169 Å². The molecule has 0 heterocycles. The summed E-state index contributed by atoms with van der Waals surface area (Å²) in [5, 5.41) is 28.6. The van der Waals surface area contributed by atoms with Crippen molar-refractivity contribution in [1.82, 2.24) is 10.6 Å². The summed E-state index contributed by atoms with van der Waals surface area (Å²) in [6, 6.07) is -0.382. The lowest BCUT2D eigenvalue weighted by Gasteiger charge is -2.32. The van der Waals surface area contributed by atoms with Gasteiger partial charge >= 0.3 is 0 Å². The zero-order chi connectivity index (χ0) is 20.9. The van der Waals surface area contributed by atoms with Crippen molar-refractivity contribution < 1.29 is 29.4 Å². The van der Waals surface area contributed by atoms with Crippen LogP contribution in [0.5, 0.6) is 0 Å². The Morgan fingerprint density at radius 1 is 0.759 bits per heavy atom. The Balaban J connectivity index is 1.30. The first kappa shape index (κ1) is 20.2. The third-order valence-corrected chi connectivity index (χ3v) is 7.95. The van der Waals surface area contributed by atoms with Crippen LogP contribution in [-0.4, -0.2) is 36.3 Å². The second-order valence-electron chi connectivity index (χ2n) is 9.56. The Morgan fingerprint density at radius 2 is 1.17 bits per heavy atom. The fourth-order valence-corrected chi connectivity index (χ4v) is 6.78. The number of carboxylic acids is 2. The van der Waals surface area contributed by atoms with Gasteiger partial charge in [-0.05, 0) is 69.1 Å². The summed E-state index contributed by atoms with van der Waals surface area (Å²) in [5.41, 5.74) is 0. The molecule has 4 fully saturated rings. The second-order valence-corrected chi connectivity index (χ2v) is 9.56. The largest absolute Gasteiger partial charge is 0.550 e. The van der Waals surface area contributed by atoms with Crippen LogP contribution < -0.4 is 20.8 Å². The maximum Gasteiger partial charge on any atom is 0.224 e. The number of carbonyl (C=O) groups excluding carboxylic acids is 4. The Hall–Kier alpha value is -2.12. The van der Waals surface area contributed by atoms with Gasteiger partial charge in [0, 0.05) is 48.2 Å². The lowest BCUT2D eigenvalue weighted by atomic mass is 9.78. The van der Waals surface area contributed by atoms with Gasteiger partial charge in [-0.3, -0.25) is 9.59 Å². The van der Waals surface area contributed by atoms with E-state index < -0.39 is 35.6 Å². The molecule has 4 saturated carbocycles. The summed E-state index contributed by atoms with van der Waals surface area (Å²) < 4.78 is 0. The van der Waals surface area contributed by atoms with Gasteiger partial charge in [0.05, 0.1) is 0 Å². The van der Waals surface area contributed by atoms with Crippen LogP contribution in [0, 0.1) is 47.3 Å². The summed E-state index contributed by atoms with van der Waals surface area (Å²) in [5.74, 6) is -5.24. The molecule has 160 valence electrons. The van der Waals surface area contributed by atoms with Crippen LogP contribution in [-0.2, 0) is 19.2 Å². The zero-order valence-corrected chi connectivity index (χ0v) is 16.6. The van der Waals surface area contributed by atoms with E-state index >= 15 is 0 Å². The van der Waals surface area contributed by atoms with Crippen molar-refractivity contribution >= 4 is 23.8 Å². The molecule has 2 N–H and O–H groups in total. The first-order valence-electron chi connectivity index (χ1n) is 10.8. The van der Waals surface area contributed by atoms with E-state index in [2.05, 4.69) is 10.6 Å². The van der Waals surface area contributed by atoms with Crippen LogP contribution in [0.15, 0.2) is 0 Å². The number of carboxylic acid groups (broad SMARTS) is 2. The van der Waals surface area contributed by atoms with Crippen molar-refractivity contribution in [1.29, 1.82) is 0 Å². The van der Waals surface area contributed by atoms with E-state index in [0.29, 0.717) is 0 Å².